The van der Waals surface area contributed by atoms with Crippen molar-refractivity contribution in [3.63, 3.8) is 0 Å². The normalized spacial score (nSPS) is 13.2. The van der Waals surface area contributed by atoms with E-state index in [4.69, 9.17) is 4.74 Å². The largest absolute Gasteiger partial charge is 0.462 e. The van der Waals surface area contributed by atoms with E-state index in [0.29, 0.717) is 24.9 Å². The number of carbonyl (C=O) groups is 3. The molecule has 0 saturated carbocycles. The molecule has 7 nitrogen and oxygen atoms in total. The monoisotopic (exact) mass is 523 g/mol. The predicted octanol–water partition coefficient (Wildman–Crippen LogP) is 3.94. The van der Waals surface area contributed by atoms with Crippen LogP contribution in [-0.4, -0.2) is 43.5 Å². The van der Waals surface area contributed by atoms with Gasteiger partial charge in [0, 0.05) is 34.4 Å². The first-order valence-corrected chi connectivity index (χ1v) is 11.1. The molecule has 1 aliphatic rings. The maximum Gasteiger partial charge on any atom is 0.328 e. The van der Waals surface area contributed by atoms with E-state index in [2.05, 4.69) is 31.5 Å². The van der Waals surface area contributed by atoms with E-state index in [0.717, 1.165) is 28.0 Å². The Labute approximate surface area is 202 Å². The Hall–Kier alpha value is -2.58. The molecule has 32 heavy (non-hydrogen) atoms. The van der Waals surface area contributed by atoms with Crippen LogP contribution in [0.3, 0.4) is 0 Å². The van der Waals surface area contributed by atoms with Crippen molar-refractivity contribution in [2.24, 2.45) is 0 Å². The van der Waals surface area contributed by atoms with E-state index >= 15 is 0 Å². The fourth-order valence-corrected chi connectivity index (χ4v) is 3.74. The summed E-state index contributed by atoms with van der Waals surface area (Å²) in [6.45, 7) is 5.08. The lowest BCUT2D eigenvalue weighted by molar-refractivity contribution is -0.145. The summed E-state index contributed by atoms with van der Waals surface area (Å²) in [7, 11) is 0. The number of likely N-dealkylation sites (N-methyl/N-ethyl adjacent to an activating group) is 1. The number of hydrogen-bond donors (Lipinski definition) is 2. The number of anilines is 2. The van der Waals surface area contributed by atoms with Crippen LogP contribution < -0.4 is 15.5 Å². The third-order valence-electron chi connectivity index (χ3n) is 5.16. The number of fused-ring (bicyclic) bond motifs is 1. The molecule has 0 radical (unpaired) electrons. The highest BCUT2D eigenvalue weighted by atomic mass is 79.9. The van der Waals surface area contributed by atoms with Crippen molar-refractivity contribution in [3.8, 4) is 0 Å². The topological polar surface area (TPSA) is 87.7 Å². The van der Waals surface area contributed by atoms with E-state index in [1.807, 2.05) is 25.1 Å². The van der Waals surface area contributed by atoms with Crippen molar-refractivity contribution in [3.05, 3.63) is 58.1 Å². The van der Waals surface area contributed by atoms with Crippen molar-refractivity contribution in [1.82, 2.24) is 5.32 Å². The number of nitrogens with one attached hydrogen (secondary N) is 2. The lowest BCUT2D eigenvalue weighted by atomic mass is 10.00. The van der Waals surface area contributed by atoms with Gasteiger partial charge in [0.25, 0.3) is 5.91 Å². The van der Waals surface area contributed by atoms with Crippen LogP contribution in [0.4, 0.5) is 11.4 Å². The average Bonchev–Trinajstić information content (AvgIpc) is 2.76. The van der Waals surface area contributed by atoms with E-state index in [-0.39, 0.29) is 30.8 Å². The minimum absolute atomic E-state index is 0. The van der Waals surface area contributed by atoms with Gasteiger partial charge in [-0.2, -0.15) is 0 Å². The highest BCUT2D eigenvalue weighted by Crippen LogP contribution is 2.31. The van der Waals surface area contributed by atoms with E-state index < -0.39 is 12.0 Å². The van der Waals surface area contributed by atoms with Crippen LogP contribution in [0.1, 0.15) is 36.2 Å². The SMILES string of the molecule is CCN(CCOC(=O)[C@H](C)NC(=O)c1ccc(Br)cc1)c1cccc2c1CCC(=O)N2.Cl. The van der Waals surface area contributed by atoms with Crippen LogP contribution in [-0.2, 0) is 20.7 Å². The summed E-state index contributed by atoms with van der Waals surface area (Å²) < 4.78 is 6.28. The summed E-state index contributed by atoms with van der Waals surface area (Å²) in [5, 5.41) is 5.57. The molecule has 0 unspecified atom stereocenters. The Bertz CT molecular complexity index is 968. The maximum atomic E-state index is 12.3. The molecule has 2 aromatic carbocycles. The summed E-state index contributed by atoms with van der Waals surface area (Å²) >= 11 is 3.33. The molecule has 0 saturated heterocycles. The number of hydrogen-bond acceptors (Lipinski definition) is 5. The van der Waals surface area contributed by atoms with Gasteiger partial charge in [-0.05, 0) is 62.2 Å². The molecule has 0 aliphatic carbocycles. The highest BCUT2D eigenvalue weighted by molar-refractivity contribution is 9.10. The van der Waals surface area contributed by atoms with Crippen molar-refractivity contribution >= 4 is 57.5 Å². The molecular weight excluding hydrogens is 498 g/mol. The Morgan fingerprint density at radius 2 is 1.91 bits per heavy atom. The van der Waals surface area contributed by atoms with Crippen LogP contribution in [0, 0.1) is 0 Å². The van der Waals surface area contributed by atoms with Gasteiger partial charge in [0.2, 0.25) is 5.91 Å². The zero-order chi connectivity index (χ0) is 22.4. The van der Waals surface area contributed by atoms with Gasteiger partial charge in [-0.25, -0.2) is 4.79 Å². The summed E-state index contributed by atoms with van der Waals surface area (Å²) in [5.74, 6) is -0.783. The minimum atomic E-state index is -0.758. The van der Waals surface area contributed by atoms with Crippen molar-refractivity contribution in [2.45, 2.75) is 32.7 Å². The third kappa shape index (κ3) is 6.46. The van der Waals surface area contributed by atoms with Crippen LogP contribution in [0.15, 0.2) is 46.9 Å². The summed E-state index contributed by atoms with van der Waals surface area (Å²) in [5.41, 5.74) is 3.45. The second kappa shape index (κ2) is 11.9. The highest BCUT2D eigenvalue weighted by Gasteiger charge is 2.21. The lowest BCUT2D eigenvalue weighted by Crippen LogP contribution is -2.40. The van der Waals surface area contributed by atoms with E-state index in [1.165, 1.54) is 0 Å². The van der Waals surface area contributed by atoms with Crippen molar-refractivity contribution < 1.29 is 19.1 Å². The van der Waals surface area contributed by atoms with Gasteiger partial charge in [-0.1, -0.05) is 22.0 Å². The molecule has 9 heteroatoms. The lowest BCUT2D eigenvalue weighted by Gasteiger charge is -2.29. The standard InChI is InChI=1S/C23H26BrN3O4.ClH/c1-3-27(20-6-4-5-19-18(20)11-12-21(28)26-19)13-14-31-23(30)15(2)25-22(29)16-7-9-17(24)10-8-16;/h4-10,15H,3,11-14H2,1-2H3,(H,25,29)(H,26,28);1H/t15-;/m0./s1. The van der Waals surface area contributed by atoms with Gasteiger partial charge in [-0.3, -0.25) is 9.59 Å². The molecule has 172 valence electrons. The molecule has 3 rings (SSSR count). The summed E-state index contributed by atoms with van der Waals surface area (Å²) in [6, 6.07) is 12.0. The molecule has 2 N–H and O–H groups in total. The second-order valence-corrected chi connectivity index (χ2v) is 8.22. The molecule has 1 heterocycles. The molecular formula is C23H27BrClN3O4. The third-order valence-corrected chi connectivity index (χ3v) is 5.69. The van der Waals surface area contributed by atoms with E-state index in [1.54, 1.807) is 31.2 Å². The number of esters is 1. The van der Waals surface area contributed by atoms with Gasteiger partial charge in [0.15, 0.2) is 0 Å². The van der Waals surface area contributed by atoms with E-state index in [9.17, 15) is 14.4 Å². The number of nitrogens with zero attached hydrogens (tertiary/aromatic N) is 1. The smallest absolute Gasteiger partial charge is 0.328 e. The predicted molar refractivity (Wildman–Crippen MR) is 131 cm³/mol. The van der Waals surface area contributed by atoms with Crippen LogP contribution in [0.25, 0.3) is 0 Å². The number of amides is 2. The van der Waals surface area contributed by atoms with Crippen LogP contribution in [0.2, 0.25) is 0 Å². The Morgan fingerprint density at radius 1 is 1.19 bits per heavy atom. The Morgan fingerprint density at radius 3 is 2.59 bits per heavy atom. The minimum Gasteiger partial charge on any atom is -0.462 e. The number of benzene rings is 2. The molecule has 0 bridgehead atoms. The second-order valence-electron chi connectivity index (χ2n) is 7.30. The summed E-state index contributed by atoms with van der Waals surface area (Å²) in [6.07, 6.45) is 1.15. The van der Waals surface area contributed by atoms with Gasteiger partial charge in [-0.15, -0.1) is 12.4 Å². The molecule has 0 aromatic heterocycles. The number of carbonyl (C=O) groups excluding carboxylic acids is 3. The maximum absolute atomic E-state index is 12.3. The molecule has 0 fully saturated rings. The quantitative estimate of drug-likeness (QED) is 0.511. The molecule has 1 atom stereocenters. The van der Waals surface area contributed by atoms with Crippen LogP contribution >= 0.6 is 28.3 Å². The first-order chi connectivity index (χ1) is 14.9. The van der Waals surface area contributed by atoms with Crippen molar-refractivity contribution in [1.29, 1.82) is 0 Å². The fourth-order valence-electron chi connectivity index (χ4n) is 3.47. The van der Waals surface area contributed by atoms with Gasteiger partial charge in [0.1, 0.15) is 12.6 Å². The molecule has 0 spiro atoms. The first kappa shape index (κ1) is 25.7. The Kier molecular flexibility index (Phi) is 9.53. The molecule has 1 aliphatic heterocycles. The van der Waals surface area contributed by atoms with Gasteiger partial charge >= 0.3 is 5.97 Å². The zero-order valence-corrected chi connectivity index (χ0v) is 20.4. The van der Waals surface area contributed by atoms with Gasteiger partial charge in [0.05, 0.1) is 6.54 Å². The number of ether oxygens (including phenoxy) is 1. The van der Waals surface area contributed by atoms with Crippen LogP contribution in [0.5, 0.6) is 0 Å². The first-order valence-electron chi connectivity index (χ1n) is 10.3. The molecule has 2 aromatic rings. The van der Waals surface area contributed by atoms with Gasteiger partial charge < -0.3 is 20.3 Å². The Balaban J connectivity index is 0.00000363. The van der Waals surface area contributed by atoms with Crippen molar-refractivity contribution in [2.75, 3.05) is 29.9 Å². The number of rotatable bonds is 8. The number of halogens is 2. The molecule has 2 amide bonds. The fraction of sp³-hybridized carbons (Fsp3) is 0.348. The average molecular weight is 525 g/mol. The zero-order valence-electron chi connectivity index (χ0n) is 18.0. The summed E-state index contributed by atoms with van der Waals surface area (Å²) in [4.78, 5) is 38.4.